The Morgan fingerprint density at radius 1 is 1.73 bits per heavy atom. The molecule has 1 rings (SSSR count). The standard InChI is InChI=1S/C8H16O2S/c1-6(5-9)11-8-3-4-10-7(8)2/h6-9H,3-5H2,1-2H3. The molecule has 1 aliphatic heterocycles. The Morgan fingerprint density at radius 3 is 2.91 bits per heavy atom. The Balaban J connectivity index is 2.24. The van der Waals surface area contributed by atoms with E-state index in [2.05, 4.69) is 13.8 Å². The number of hydrogen-bond acceptors (Lipinski definition) is 3. The quantitative estimate of drug-likeness (QED) is 0.702. The third-order valence-corrected chi connectivity index (χ3v) is 3.55. The van der Waals surface area contributed by atoms with Crippen LogP contribution in [0.3, 0.4) is 0 Å². The van der Waals surface area contributed by atoms with Crippen LogP contribution in [-0.4, -0.2) is 34.9 Å². The molecule has 3 unspecified atom stereocenters. The summed E-state index contributed by atoms with van der Waals surface area (Å²) >= 11 is 1.84. The predicted molar refractivity (Wildman–Crippen MR) is 48.0 cm³/mol. The molecule has 1 saturated heterocycles. The molecule has 0 saturated carbocycles. The van der Waals surface area contributed by atoms with Crippen LogP contribution in [-0.2, 0) is 4.74 Å². The van der Waals surface area contributed by atoms with Gasteiger partial charge in [0.2, 0.25) is 0 Å². The maximum Gasteiger partial charge on any atom is 0.0666 e. The van der Waals surface area contributed by atoms with Crippen LogP contribution in [0.15, 0.2) is 0 Å². The molecule has 3 atom stereocenters. The van der Waals surface area contributed by atoms with Crippen molar-refractivity contribution in [3.63, 3.8) is 0 Å². The van der Waals surface area contributed by atoms with Crippen molar-refractivity contribution in [3.8, 4) is 0 Å². The summed E-state index contributed by atoms with van der Waals surface area (Å²) in [6.07, 6.45) is 1.50. The summed E-state index contributed by atoms with van der Waals surface area (Å²) in [6, 6.07) is 0. The number of rotatable bonds is 3. The molecule has 3 heteroatoms. The lowest BCUT2D eigenvalue weighted by Crippen LogP contribution is -2.18. The Labute approximate surface area is 72.3 Å². The zero-order chi connectivity index (χ0) is 8.27. The second-order valence-electron chi connectivity index (χ2n) is 3.03. The van der Waals surface area contributed by atoms with Gasteiger partial charge in [0.05, 0.1) is 12.7 Å². The molecule has 0 spiro atoms. The number of hydrogen-bond donors (Lipinski definition) is 1. The molecular formula is C8H16O2S. The van der Waals surface area contributed by atoms with E-state index in [9.17, 15) is 0 Å². The molecule has 1 N–H and O–H groups in total. The van der Waals surface area contributed by atoms with Crippen LogP contribution in [0.1, 0.15) is 20.3 Å². The number of ether oxygens (including phenoxy) is 1. The van der Waals surface area contributed by atoms with Crippen LogP contribution in [0.4, 0.5) is 0 Å². The van der Waals surface area contributed by atoms with E-state index in [1.807, 2.05) is 11.8 Å². The van der Waals surface area contributed by atoms with Crippen LogP contribution in [0.5, 0.6) is 0 Å². The first-order valence-corrected chi connectivity index (χ1v) is 5.06. The summed E-state index contributed by atoms with van der Waals surface area (Å²) in [5, 5.41) is 9.77. The monoisotopic (exact) mass is 176 g/mol. The fourth-order valence-electron chi connectivity index (χ4n) is 1.23. The number of thioether (sulfide) groups is 1. The lowest BCUT2D eigenvalue weighted by molar-refractivity contribution is 0.127. The molecule has 1 fully saturated rings. The second-order valence-corrected chi connectivity index (χ2v) is 4.71. The Hall–Kier alpha value is 0.270. The van der Waals surface area contributed by atoms with Crippen molar-refractivity contribution in [2.24, 2.45) is 0 Å². The van der Waals surface area contributed by atoms with E-state index in [0.717, 1.165) is 13.0 Å². The highest BCUT2D eigenvalue weighted by Crippen LogP contribution is 2.28. The normalized spacial score (nSPS) is 34.1. The van der Waals surface area contributed by atoms with Crippen molar-refractivity contribution in [1.29, 1.82) is 0 Å². The van der Waals surface area contributed by atoms with Crippen LogP contribution in [0, 0.1) is 0 Å². The van der Waals surface area contributed by atoms with Crippen LogP contribution >= 0.6 is 11.8 Å². The van der Waals surface area contributed by atoms with Gasteiger partial charge < -0.3 is 9.84 Å². The summed E-state index contributed by atoms with van der Waals surface area (Å²) in [5.74, 6) is 0. The molecule has 0 bridgehead atoms. The fraction of sp³-hybridized carbons (Fsp3) is 1.00. The van der Waals surface area contributed by atoms with Gasteiger partial charge in [0.25, 0.3) is 0 Å². The average molecular weight is 176 g/mol. The Kier molecular flexibility index (Phi) is 3.69. The molecule has 0 aromatic heterocycles. The molecule has 1 heterocycles. The average Bonchev–Trinajstić information content (AvgIpc) is 2.37. The smallest absolute Gasteiger partial charge is 0.0666 e. The van der Waals surface area contributed by atoms with E-state index in [-0.39, 0.29) is 6.61 Å². The molecule has 0 aromatic carbocycles. The molecule has 1 aliphatic rings. The highest BCUT2D eigenvalue weighted by atomic mass is 32.2. The van der Waals surface area contributed by atoms with Crippen LogP contribution in [0.25, 0.3) is 0 Å². The van der Waals surface area contributed by atoms with Gasteiger partial charge in [-0.3, -0.25) is 0 Å². The topological polar surface area (TPSA) is 29.5 Å². The minimum absolute atomic E-state index is 0.272. The minimum atomic E-state index is 0.272. The maximum absolute atomic E-state index is 8.82. The molecule has 0 aliphatic carbocycles. The zero-order valence-electron chi connectivity index (χ0n) is 7.12. The van der Waals surface area contributed by atoms with Crippen molar-refractivity contribution < 1.29 is 9.84 Å². The van der Waals surface area contributed by atoms with E-state index in [4.69, 9.17) is 9.84 Å². The highest BCUT2D eigenvalue weighted by molar-refractivity contribution is 8.00. The van der Waals surface area contributed by atoms with Gasteiger partial charge in [-0.1, -0.05) is 6.92 Å². The van der Waals surface area contributed by atoms with Gasteiger partial charge in [0, 0.05) is 17.1 Å². The summed E-state index contributed by atoms with van der Waals surface area (Å²) in [6.45, 7) is 5.31. The van der Waals surface area contributed by atoms with Crippen LogP contribution < -0.4 is 0 Å². The van der Waals surface area contributed by atoms with Gasteiger partial charge in [-0.25, -0.2) is 0 Å². The molecule has 0 radical (unpaired) electrons. The molecule has 0 aromatic rings. The zero-order valence-corrected chi connectivity index (χ0v) is 7.93. The van der Waals surface area contributed by atoms with Crippen molar-refractivity contribution in [2.45, 2.75) is 36.9 Å². The number of aliphatic hydroxyl groups is 1. The van der Waals surface area contributed by atoms with Gasteiger partial charge in [0.1, 0.15) is 0 Å². The van der Waals surface area contributed by atoms with Gasteiger partial charge in [-0.15, -0.1) is 0 Å². The second kappa shape index (κ2) is 4.33. The van der Waals surface area contributed by atoms with Gasteiger partial charge in [-0.05, 0) is 13.3 Å². The van der Waals surface area contributed by atoms with E-state index >= 15 is 0 Å². The first kappa shape index (κ1) is 9.36. The molecule has 2 nitrogen and oxygen atoms in total. The van der Waals surface area contributed by atoms with Crippen molar-refractivity contribution in [2.75, 3.05) is 13.2 Å². The summed E-state index contributed by atoms with van der Waals surface area (Å²) < 4.78 is 5.41. The molecule has 0 amide bonds. The lowest BCUT2D eigenvalue weighted by Gasteiger charge is -2.16. The SMILES string of the molecule is CC(CO)SC1CCOC1C. The van der Waals surface area contributed by atoms with Crippen LogP contribution in [0.2, 0.25) is 0 Å². The van der Waals surface area contributed by atoms with Gasteiger partial charge in [-0.2, -0.15) is 11.8 Å². The third kappa shape index (κ3) is 2.65. The summed E-state index contributed by atoms with van der Waals surface area (Å²) in [7, 11) is 0. The van der Waals surface area contributed by atoms with Gasteiger partial charge in [0.15, 0.2) is 0 Å². The third-order valence-electron chi connectivity index (χ3n) is 1.97. The molecule has 11 heavy (non-hydrogen) atoms. The van der Waals surface area contributed by atoms with E-state index in [0.29, 0.717) is 16.6 Å². The first-order valence-electron chi connectivity index (χ1n) is 4.12. The Bertz CT molecular complexity index is 119. The maximum atomic E-state index is 8.82. The minimum Gasteiger partial charge on any atom is -0.395 e. The van der Waals surface area contributed by atoms with E-state index < -0.39 is 0 Å². The van der Waals surface area contributed by atoms with Crippen molar-refractivity contribution in [1.82, 2.24) is 0 Å². The fourth-order valence-corrected chi connectivity index (χ4v) is 2.45. The summed E-state index contributed by atoms with van der Waals surface area (Å²) in [4.78, 5) is 0. The van der Waals surface area contributed by atoms with E-state index in [1.54, 1.807) is 0 Å². The highest BCUT2D eigenvalue weighted by Gasteiger charge is 2.25. The van der Waals surface area contributed by atoms with E-state index in [1.165, 1.54) is 0 Å². The first-order chi connectivity index (χ1) is 5.24. The number of aliphatic hydroxyl groups excluding tert-OH is 1. The molecular weight excluding hydrogens is 160 g/mol. The van der Waals surface area contributed by atoms with Gasteiger partial charge >= 0.3 is 0 Å². The van der Waals surface area contributed by atoms with Crippen molar-refractivity contribution in [3.05, 3.63) is 0 Å². The Morgan fingerprint density at radius 2 is 2.45 bits per heavy atom. The predicted octanol–water partition coefficient (Wildman–Crippen LogP) is 1.28. The lowest BCUT2D eigenvalue weighted by atomic mass is 10.3. The largest absolute Gasteiger partial charge is 0.395 e. The molecule has 66 valence electrons. The summed E-state index contributed by atoms with van der Waals surface area (Å²) in [5.41, 5.74) is 0. The van der Waals surface area contributed by atoms with Crippen molar-refractivity contribution >= 4 is 11.8 Å².